The number of pyridine rings is 1. The lowest BCUT2D eigenvalue weighted by atomic mass is 9.81. The van der Waals surface area contributed by atoms with Crippen molar-refractivity contribution in [2.24, 2.45) is 0 Å². The van der Waals surface area contributed by atoms with Gasteiger partial charge in [-0.1, -0.05) is 105 Å². The molecule has 6 aromatic carbocycles. The van der Waals surface area contributed by atoms with Gasteiger partial charge in [0.15, 0.2) is 0 Å². The van der Waals surface area contributed by atoms with Crippen molar-refractivity contribution in [3.05, 3.63) is 132 Å². The lowest BCUT2D eigenvalue weighted by Crippen LogP contribution is -2.14. The van der Waals surface area contributed by atoms with Crippen LogP contribution in [0.2, 0.25) is 0 Å². The molecular weight excluding hydrogens is 520 g/mol. The van der Waals surface area contributed by atoms with Crippen LogP contribution >= 0.6 is 0 Å². The molecule has 7 aromatic rings. The Balaban J connectivity index is 1.10. The summed E-state index contributed by atoms with van der Waals surface area (Å²) >= 11 is 0. The normalized spacial score (nSPS) is 14.8. The van der Waals surface area contributed by atoms with E-state index in [-0.39, 0.29) is 5.41 Å². The zero-order chi connectivity index (χ0) is 28.7. The summed E-state index contributed by atoms with van der Waals surface area (Å²) < 4.78 is 0. The van der Waals surface area contributed by atoms with Crippen molar-refractivity contribution in [2.75, 3.05) is 11.9 Å². The standard InChI is InChI=1S/C41H32N2/c1-41(2)36-8-4-3-7-32(36)33-17-15-30(24-37(33)41)28-9-10-29-23-31(12-11-27(29)22-28)38-20-16-26-14-18-34-35(40(26)43-38)19-13-25-6-5-21-42-39(25)34/h3-4,7-20,22-24,42H,5-6,21H2,1-2H3. The maximum Gasteiger partial charge on any atom is 0.0788 e. The molecule has 1 aliphatic carbocycles. The number of nitrogens with zero attached hydrogens (tertiary/aromatic N) is 1. The van der Waals surface area contributed by atoms with E-state index >= 15 is 0 Å². The molecule has 0 bridgehead atoms. The Bertz CT molecular complexity index is 2270. The van der Waals surface area contributed by atoms with E-state index in [1.165, 1.54) is 78.0 Å². The summed E-state index contributed by atoms with van der Waals surface area (Å²) in [4.78, 5) is 5.23. The van der Waals surface area contributed by atoms with E-state index in [0.29, 0.717) is 0 Å². The Morgan fingerprint density at radius 1 is 0.605 bits per heavy atom. The maximum absolute atomic E-state index is 5.23. The molecule has 206 valence electrons. The molecule has 0 fully saturated rings. The number of fused-ring (bicyclic) bond motifs is 9. The van der Waals surface area contributed by atoms with Crippen molar-refractivity contribution in [1.29, 1.82) is 0 Å². The summed E-state index contributed by atoms with van der Waals surface area (Å²) in [5.41, 5.74) is 14.0. The predicted molar refractivity (Wildman–Crippen MR) is 182 cm³/mol. The third-order valence-electron chi connectivity index (χ3n) is 9.92. The second kappa shape index (κ2) is 9.02. The van der Waals surface area contributed by atoms with Gasteiger partial charge >= 0.3 is 0 Å². The Morgan fingerprint density at radius 2 is 1.30 bits per heavy atom. The first-order valence-corrected chi connectivity index (χ1v) is 15.4. The molecule has 0 saturated carbocycles. The van der Waals surface area contributed by atoms with E-state index in [0.717, 1.165) is 29.7 Å². The molecule has 1 N–H and O–H groups in total. The maximum atomic E-state index is 5.23. The van der Waals surface area contributed by atoms with Gasteiger partial charge in [-0.15, -0.1) is 0 Å². The van der Waals surface area contributed by atoms with Gasteiger partial charge in [0, 0.05) is 39.4 Å². The van der Waals surface area contributed by atoms with Crippen LogP contribution in [-0.4, -0.2) is 11.5 Å². The molecule has 0 spiro atoms. The highest BCUT2D eigenvalue weighted by atomic mass is 14.9. The van der Waals surface area contributed by atoms with Crippen LogP contribution in [0, 0.1) is 0 Å². The summed E-state index contributed by atoms with van der Waals surface area (Å²) in [6.07, 6.45) is 2.33. The van der Waals surface area contributed by atoms with Crippen LogP contribution in [-0.2, 0) is 11.8 Å². The number of anilines is 1. The van der Waals surface area contributed by atoms with Crippen molar-refractivity contribution >= 4 is 38.1 Å². The molecule has 2 nitrogen and oxygen atoms in total. The minimum Gasteiger partial charge on any atom is -0.384 e. The lowest BCUT2D eigenvalue weighted by molar-refractivity contribution is 0.660. The van der Waals surface area contributed by atoms with Crippen LogP contribution in [0.1, 0.15) is 37.0 Å². The van der Waals surface area contributed by atoms with Gasteiger partial charge in [-0.05, 0) is 86.8 Å². The summed E-state index contributed by atoms with van der Waals surface area (Å²) in [5, 5.41) is 9.80. The number of benzene rings is 6. The smallest absolute Gasteiger partial charge is 0.0788 e. The van der Waals surface area contributed by atoms with Crippen LogP contribution < -0.4 is 5.32 Å². The molecule has 0 atom stereocenters. The fraction of sp³-hybridized carbons (Fsp3) is 0.146. The number of rotatable bonds is 2. The van der Waals surface area contributed by atoms with Gasteiger partial charge in [0.25, 0.3) is 0 Å². The molecule has 0 radical (unpaired) electrons. The Morgan fingerprint density at radius 3 is 2.21 bits per heavy atom. The molecule has 1 aromatic heterocycles. The molecule has 0 unspecified atom stereocenters. The van der Waals surface area contributed by atoms with E-state index in [1.807, 2.05) is 0 Å². The molecule has 2 heterocycles. The molecular formula is C41H32N2. The first-order valence-electron chi connectivity index (χ1n) is 15.4. The first kappa shape index (κ1) is 24.6. The summed E-state index contributed by atoms with van der Waals surface area (Å²) in [5.74, 6) is 0. The fourth-order valence-electron chi connectivity index (χ4n) is 7.58. The average molecular weight is 553 g/mol. The quantitative estimate of drug-likeness (QED) is 0.216. The van der Waals surface area contributed by atoms with Crippen LogP contribution in [0.15, 0.2) is 115 Å². The zero-order valence-corrected chi connectivity index (χ0v) is 24.5. The number of nitrogens with one attached hydrogen (secondary N) is 1. The second-order valence-electron chi connectivity index (χ2n) is 12.8. The fourth-order valence-corrected chi connectivity index (χ4v) is 7.58. The minimum absolute atomic E-state index is 0.00172. The summed E-state index contributed by atoms with van der Waals surface area (Å²) in [6.45, 7) is 5.73. The van der Waals surface area contributed by atoms with E-state index in [2.05, 4.69) is 134 Å². The number of hydrogen-bond acceptors (Lipinski definition) is 2. The van der Waals surface area contributed by atoms with Gasteiger partial charge in [0.05, 0.1) is 11.2 Å². The Hall–Kier alpha value is -4.95. The average Bonchev–Trinajstić information content (AvgIpc) is 3.29. The monoisotopic (exact) mass is 552 g/mol. The first-order chi connectivity index (χ1) is 21.0. The topological polar surface area (TPSA) is 24.9 Å². The van der Waals surface area contributed by atoms with Crippen LogP contribution in [0.4, 0.5) is 5.69 Å². The van der Waals surface area contributed by atoms with E-state index in [1.54, 1.807) is 0 Å². The molecule has 1 aliphatic heterocycles. The van der Waals surface area contributed by atoms with E-state index < -0.39 is 0 Å². The minimum atomic E-state index is 0.00172. The highest BCUT2D eigenvalue weighted by Crippen LogP contribution is 2.49. The SMILES string of the molecule is CC1(C)c2ccccc2-c2ccc(-c3ccc4cc(-c5ccc6ccc7c8c(ccc7c6n5)CCCN8)ccc4c3)cc21. The van der Waals surface area contributed by atoms with Crippen molar-refractivity contribution in [3.63, 3.8) is 0 Å². The van der Waals surface area contributed by atoms with Crippen LogP contribution in [0.5, 0.6) is 0 Å². The van der Waals surface area contributed by atoms with Crippen LogP contribution in [0.3, 0.4) is 0 Å². The van der Waals surface area contributed by atoms with E-state index in [9.17, 15) is 0 Å². The van der Waals surface area contributed by atoms with Crippen molar-refractivity contribution < 1.29 is 0 Å². The van der Waals surface area contributed by atoms with Gasteiger partial charge in [-0.25, -0.2) is 4.98 Å². The molecule has 2 aliphatic rings. The Labute approximate surface area is 252 Å². The van der Waals surface area contributed by atoms with Gasteiger partial charge < -0.3 is 5.32 Å². The van der Waals surface area contributed by atoms with Gasteiger partial charge in [0.2, 0.25) is 0 Å². The van der Waals surface area contributed by atoms with Crippen molar-refractivity contribution in [2.45, 2.75) is 32.1 Å². The summed E-state index contributed by atoms with van der Waals surface area (Å²) in [6, 6.07) is 42.8. The third kappa shape index (κ3) is 3.69. The zero-order valence-electron chi connectivity index (χ0n) is 24.5. The summed E-state index contributed by atoms with van der Waals surface area (Å²) in [7, 11) is 0. The number of hydrogen-bond donors (Lipinski definition) is 1. The van der Waals surface area contributed by atoms with E-state index in [4.69, 9.17) is 4.98 Å². The molecule has 2 heteroatoms. The van der Waals surface area contributed by atoms with Crippen molar-refractivity contribution in [3.8, 4) is 33.5 Å². The predicted octanol–water partition coefficient (Wildman–Crippen LogP) is 10.5. The van der Waals surface area contributed by atoms with Crippen molar-refractivity contribution in [1.82, 2.24) is 4.98 Å². The third-order valence-corrected chi connectivity index (χ3v) is 9.92. The second-order valence-corrected chi connectivity index (χ2v) is 12.8. The molecule has 43 heavy (non-hydrogen) atoms. The van der Waals surface area contributed by atoms with Gasteiger partial charge in [-0.2, -0.15) is 0 Å². The lowest BCUT2D eigenvalue weighted by Gasteiger charge is -2.22. The van der Waals surface area contributed by atoms with Gasteiger partial charge in [0.1, 0.15) is 0 Å². The Kier molecular flexibility index (Phi) is 5.17. The number of aromatic nitrogens is 1. The highest BCUT2D eigenvalue weighted by molar-refractivity contribution is 6.10. The molecule has 9 rings (SSSR count). The molecule has 0 saturated heterocycles. The van der Waals surface area contributed by atoms with Gasteiger partial charge in [-0.3, -0.25) is 0 Å². The van der Waals surface area contributed by atoms with Crippen LogP contribution in [0.25, 0.3) is 66.0 Å². The largest absolute Gasteiger partial charge is 0.384 e. The number of aryl methyl sites for hydroxylation is 1. The molecule has 0 amide bonds. The highest BCUT2D eigenvalue weighted by Gasteiger charge is 2.35.